The van der Waals surface area contributed by atoms with Crippen LogP contribution >= 0.6 is 11.8 Å². The molecule has 0 bridgehead atoms. The van der Waals surface area contributed by atoms with Gasteiger partial charge in [0.25, 0.3) is 0 Å². The maximum absolute atomic E-state index is 15.7. The predicted octanol–water partition coefficient (Wildman–Crippen LogP) is 6.48. The zero-order valence-corrected chi connectivity index (χ0v) is 28.4. The molecule has 0 aliphatic carbocycles. The maximum Gasteiger partial charge on any atom is 0.327 e. The Labute approximate surface area is 279 Å². The molecule has 3 aliphatic rings. The van der Waals surface area contributed by atoms with Crippen LogP contribution in [0.15, 0.2) is 41.3 Å². The van der Waals surface area contributed by atoms with Crippen molar-refractivity contribution < 1.29 is 18.3 Å². The average Bonchev–Trinajstić information content (AvgIpc) is 3.50. The second-order valence-electron chi connectivity index (χ2n) is 14.7. The summed E-state index contributed by atoms with van der Waals surface area (Å²) in [7, 11) is 0. The Morgan fingerprint density at radius 2 is 1.80 bits per heavy atom. The molecule has 3 aromatic rings. The first-order valence-electron chi connectivity index (χ1n) is 16.7. The molecule has 1 unspecified atom stereocenters. The molecule has 0 radical (unpaired) electrons. The highest BCUT2D eigenvalue weighted by Crippen LogP contribution is 2.49. The molecular weight excluding hydrogens is 603 g/mol. The second kappa shape index (κ2) is 13.1. The summed E-state index contributed by atoms with van der Waals surface area (Å²) in [5.74, 6) is -0.234. The minimum atomic E-state index is -0.528. The van der Waals surface area contributed by atoms with E-state index < -0.39 is 5.25 Å². The number of nitrogens with one attached hydrogen (secondary N) is 2. The number of carbonyl (C=O) groups is 2. The van der Waals surface area contributed by atoms with Gasteiger partial charge in [-0.05, 0) is 86.6 Å². The van der Waals surface area contributed by atoms with Crippen molar-refractivity contribution in [3.05, 3.63) is 64.0 Å². The van der Waals surface area contributed by atoms with E-state index in [9.17, 15) is 14.4 Å². The first kappa shape index (κ1) is 32.7. The minimum absolute atomic E-state index is 0. The van der Waals surface area contributed by atoms with Gasteiger partial charge in [-0.3, -0.25) is 19.1 Å². The van der Waals surface area contributed by atoms with Crippen LogP contribution in [0, 0.1) is 11.2 Å². The third kappa shape index (κ3) is 6.76. The molecule has 11 heteroatoms. The number of hydrogen-bond acceptors (Lipinski definition) is 6. The van der Waals surface area contributed by atoms with E-state index >= 15 is 4.39 Å². The zero-order chi connectivity index (χ0) is 32.7. The molecule has 5 atom stereocenters. The van der Waals surface area contributed by atoms with Crippen LogP contribution in [0.4, 0.5) is 4.39 Å². The van der Waals surface area contributed by atoms with Crippen LogP contribution in [0.1, 0.15) is 106 Å². The number of halogens is 1. The van der Waals surface area contributed by atoms with Crippen molar-refractivity contribution in [3.63, 3.8) is 0 Å². The zero-order valence-electron chi connectivity index (χ0n) is 27.6. The summed E-state index contributed by atoms with van der Waals surface area (Å²) in [6.07, 6.45) is 5.55. The van der Waals surface area contributed by atoms with Crippen molar-refractivity contribution in [1.82, 2.24) is 29.7 Å². The Hall–Kier alpha value is -3.18. The molecule has 2 amide bonds. The number of fused-ring (bicyclic) bond motifs is 1. The van der Waals surface area contributed by atoms with Crippen molar-refractivity contribution in [2.75, 3.05) is 19.6 Å². The summed E-state index contributed by atoms with van der Waals surface area (Å²) in [5.41, 5.74) is 2.77. The Morgan fingerprint density at radius 3 is 2.50 bits per heavy atom. The average molecular weight is 657 g/mol. The summed E-state index contributed by atoms with van der Waals surface area (Å²) < 4.78 is 17.5. The number of piperidine rings is 2. The number of rotatable bonds is 7. The van der Waals surface area contributed by atoms with Crippen LogP contribution in [-0.2, 0) is 9.59 Å². The number of benzene rings is 1. The third-order valence-electron chi connectivity index (χ3n) is 9.88. The molecule has 9 nitrogen and oxygen atoms in total. The topological polar surface area (TPSA) is 103 Å². The third-order valence-corrected chi connectivity index (χ3v) is 11.3. The van der Waals surface area contributed by atoms with Gasteiger partial charge in [0.2, 0.25) is 11.8 Å². The van der Waals surface area contributed by atoms with Crippen molar-refractivity contribution in [1.29, 1.82) is 0 Å². The lowest BCUT2D eigenvalue weighted by atomic mass is 9.81. The molecule has 3 saturated heterocycles. The van der Waals surface area contributed by atoms with Gasteiger partial charge in [-0.15, -0.1) is 11.8 Å². The molecule has 2 N–H and O–H groups in total. The number of likely N-dealkylation sites (tertiary alicyclic amines) is 1. The number of H-pyrrole nitrogens is 1. The first-order valence-corrected chi connectivity index (χ1v) is 17.7. The predicted molar refractivity (Wildman–Crippen MR) is 187 cm³/mol. The second-order valence-corrected chi connectivity index (χ2v) is 16.0. The number of carbonyl (C=O) groups excluding carboxylic acids is 2. The Kier molecular flexibility index (Phi) is 9.36. The maximum atomic E-state index is 15.7. The van der Waals surface area contributed by atoms with Crippen molar-refractivity contribution in [2.45, 2.75) is 108 Å². The van der Waals surface area contributed by atoms with Crippen molar-refractivity contribution in [3.8, 4) is 0 Å². The largest absolute Gasteiger partial charge is 0.342 e. The highest BCUT2D eigenvalue weighted by Gasteiger charge is 2.44. The minimum Gasteiger partial charge on any atom is -0.342 e. The number of pyridine rings is 1. The van der Waals surface area contributed by atoms with E-state index in [0.717, 1.165) is 35.9 Å². The van der Waals surface area contributed by atoms with Crippen LogP contribution in [-0.4, -0.2) is 73.1 Å². The summed E-state index contributed by atoms with van der Waals surface area (Å²) >= 11 is 1.50. The normalized spacial score (nSPS) is 26.3. The van der Waals surface area contributed by atoms with Gasteiger partial charge in [0.05, 0.1) is 10.8 Å². The molecule has 3 aliphatic heterocycles. The van der Waals surface area contributed by atoms with Crippen LogP contribution in [0.3, 0.4) is 0 Å². The number of thioether (sulfide) groups is 1. The van der Waals surface area contributed by atoms with E-state index in [4.69, 9.17) is 0 Å². The molecule has 3 fully saturated rings. The highest BCUT2D eigenvalue weighted by atomic mass is 32.2. The summed E-state index contributed by atoms with van der Waals surface area (Å²) in [5, 5.41) is 2.70. The number of hydrogen-bond donors (Lipinski definition) is 2. The Balaban J connectivity index is 0.00000217. The van der Waals surface area contributed by atoms with Gasteiger partial charge in [0.1, 0.15) is 11.2 Å². The van der Waals surface area contributed by atoms with Crippen LogP contribution < -0.4 is 11.0 Å². The number of nitrogens with zero attached hydrogens (tertiary/aromatic N) is 4. The lowest BCUT2D eigenvalue weighted by Gasteiger charge is -2.36. The smallest absolute Gasteiger partial charge is 0.327 e. The van der Waals surface area contributed by atoms with E-state index in [-0.39, 0.29) is 68.9 Å². The number of imidazole rings is 1. The Morgan fingerprint density at radius 1 is 1.09 bits per heavy atom. The summed E-state index contributed by atoms with van der Waals surface area (Å²) in [6, 6.07) is 9.52. The molecule has 0 saturated carbocycles. The Bertz CT molecular complexity index is 1650. The highest BCUT2D eigenvalue weighted by molar-refractivity contribution is 8.01. The van der Waals surface area contributed by atoms with E-state index in [1.54, 1.807) is 22.9 Å². The van der Waals surface area contributed by atoms with Crippen LogP contribution in [0.5, 0.6) is 0 Å². The molecule has 6 rings (SSSR count). The monoisotopic (exact) mass is 656 g/mol. The van der Waals surface area contributed by atoms with Crippen molar-refractivity contribution >= 4 is 34.7 Å². The molecule has 1 aromatic carbocycles. The fourth-order valence-corrected chi connectivity index (χ4v) is 9.15. The molecule has 2 aromatic heterocycles. The molecule has 254 valence electrons. The lowest BCUT2D eigenvalue weighted by Crippen LogP contribution is -2.42. The van der Waals surface area contributed by atoms with Gasteiger partial charge >= 0.3 is 5.69 Å². The number of aromatic amines is 1. The fourth-order valence-electron chi connectivity index (χ4n) is 7.64. The number of aromatic nitrogens is 3. The first-order chi connectivity index (χ1) is 21.9. The van der Waals surface area contributed by atoms with Gasteiger partial charge < -0.3 is 15.1 Å². The van der Waals surface area contributed by atoms with Crippen LogP contribution in [0.25, 0.3) is 11.2 Å². The van der Waals surface area contributed by atoms with E-state index in [2.05, 4.69) is 49.9 Å². The quantitative estimate of drug-likeness (QED) is 0.302. The summed E-state index contributed by atoms with van der Waals surface area (Å²) in [4.78, 5) is 51.3. The van der Waals surface area contributed by atoms with Crippen LogP contribution in [0.2, 0.25) is 0 Å². The van der Waals surface area contributed by atoms with E-state index in [0.29, 0.717) is 38.1 Å². The summed E-state index contributed by atoms with van der Waals surface area (Å²) in [6.45, 7) is 12.4. The number of amides is 2. The fraction of sp³-hybridized carbons (Fsp3) is 0.600. The van der Waals surface area contributed by atoms with Gasteiger partial charge in [0, 0.05) is 54.7 Å². The molecule has 0 spiro atoms. The van der Waals surface area contributed by atoms with Crippen molar-refractivity contribution in [2.24, 2.45) is 5.41 Å². The van der Waals surface area contributed by atoms with Gasteiger partial charge in [-0.2, -0.15) is 0 Å². The van der Waals surface area contributed by atoms with Gasteiger partial charge in [-0.25, -0.2) is 14.2 Å². The van der Waals surface area contributed by atoms with E-state index in [1.165, 1.54) is 11.8 Å². The molecule has 46 heavy (non-hydrogen) atoms. The lowest BCUT2D eigenvalue weighted by molar-refractivity contribution is -0.136. The SMILES string of the molecule is C[C@@H]1CC(c2c(F)cccc2[C@H]2S[C@@H](CC(=O)N3CCC(n4c(=O)[nH]c5ncccc54)CC3)C(=O)N2CCC(C)(C)C)C[C@H](C)N1.[HH].[HH].[HH]. The van der Waals surface area contributed by atoms with Gasteiger partial charge in [0.15, 0.2) is 5.65 Å². The standard InChI is InChI=1S/C35H47FN6O3S.3H2/c1-21-18-23(19-22(2)38-21)30-25(8-6-9-26(30)36)33-41(17-13-35(3,4)5)32(44)28(46-33)20-29(43)40-15-11-24(12-16-40)42-27-10-7-14-37-31(27)39-34(42)45;;;/h6-10,14,21-24,28,33,38H,11-13,15-20H2,1-5H3,(H,37,39,45);3*1H/t21-,22+,23?,28-,33+;;;/m0.../s1. The molecular formula is C35H53FN6O3S. The van der Waals surface area contributed by atoms with E-state index in [1.807, 2.05) is 28.0 Å². The molecule has 5 heterocycles. The van der Waals surface area contributed by atoms with Gasteiger partial charge in [-0.1, -0.05) is 32.9 Å².